The minimum Gasteiger partial charge on any atom is -0.509 e. The molecule has 0 aliphatic carbocycles. The third kappa shape index (κ3) is 14.9. The maximum absolute atomic E-state index is 12.6. The van der Waals surface area contributed by atoms with Crippen LogP contribution in [0.2, 0.25) is 10.0 Å². The molecule has 2 unspecified atom stereocenters. The summed E-state index contributed by atoms with van der Waals surface area (Å²) < 4.78 is 96.7. The van der Waals surface area contributed by atoms with Gasteiger partial charge in [-0.25, -0.2) is 0 Å². The first-order valence-corrected chi connectivity index (χ1v) is 23.2. The Bertz CT molecular complexity index is 1940. The number of rotatable bonds is 10. The number of carbonyl (C=O) groups excluding carboxylic acids is 2. The van der Waals surface area contributed by atoms with Crippen molar-refractivity contribution in [3.63, 3.8) is 0 Å². The molecular formula is C32H37Cl3F6N2O8P2S2. The van der Waals surface area contributed by atoms with E-state index in [2.05, 4.69) is 27.0 Å². The van der Waals surface area contributed by atoms with E-state index in [-0.39, 0.29) is 28.6 Å². The van der Waals surface area contributed by atoms with Crippen molar-refractivity contribution in [1.82, 2.24) is 10.6 Å². The molecule has 2 heterocycles. The molecule has 0 radical (unpaired) electrons. The van der Waals surface area contributed by atoms with Crippen molar-refractivity contribution >= 4 is 93.1 Å². The van der Waals surface area contributed by atoms with E-state index in [4.69, 9.17) is 64.8 Å². The van der Waals surface area contributed by atoms with Gasteiger partial charge in [-0.1, -0.05) is 46.2 Å². The van der Waals surface area contributed by atoms with Crippen molar-refractivity contribution < 1.29 is 64.1 Å². The summed E-state index contributed by atoms with van der Waals surface area (Å²) in [4.78, 5) is 24.5. The Balaban J connectivity index is 0.000000320. The Labute approximate surface area is 338 Å². The number of ether oxygens (including phenoxy) is 2. The largest absolute Gasteiger partial charge is 0.509 e. The molecular weight excluding hydrogens is 887 g/mol. The Morgan fingerprint density at radius 1 is 0.745 bits per heavy atom. The monoisotopic (exact) mass is 922 g/mol. The summed E-state index contributed by atoms with van der Waals surface area (Å²) in [6, 6.07) is 9.56. The Morgan fingerprint density at radius 3 is 1.51 bits per heavy atom. The van der Waals surface area contributed by atoms with Crippen LogP contribution in [-0.2, 0) is 46.8 Å². The van der Waals surface area contributed by atoms with E-state index in [1.165, 1.54) is 33.6 Å². The number of methoxy groups -OCH3 is 2. The lowest BCUT2D eigenvalue weighted by Crippen LogP contribution is -2.38. The number of alkyl halides is 6. The van der Waals surface area contributed by atoms with Crippen molar-refractivity contribution in [3.8, 4) is 11.5 Å². The number of halogens is 9. The summed E-state index contributed by atoms with van der Waals surface area (Å²) >= 11 is 26.6. The van der Waals surface area contributed by atoms with Gasteiger partial charge in [0, 0.05) is 34.5 Å². The van der Waals surface area contributed by atoms with Gasteiger partial charge in [0.1, 0.15) is 35.2 Å². The van der Waals surface area contributed by atoms with Crippen molar-refractivity contribution in [2.45, 2.75) is 51.1 Å². The second kappa shape index (κ2) is 18.5. The highest BCUT2D eigenvalue weighted by molar-refractivity contribution is 8.24. The first kappa shape index (κ1) is 48.9. The predicted molar refractivity (Wildman–Crippen MR) is 208 cm³/mol. The molecule has 0 fully saturated rings. The van der Waals surface area contributed by atoms with Gasteiger partial charge in [-0.15, -0.1) is 0 Å². The fourth-order valence-corrected chi connectivity index (χ4v) is 7.08. The Morgan fingerprint density at radius 2 is 1.15 bits per heavy atom. The number of hydrogen-bond donors (Lipinski definition) is 3. The summed E-state index contributed by atoms with van der Waals surface area (Å²) in [7, 11) is 2.90. The lowest BCUT2D eigenvalue weighted by molar-refractivity contribution is -0.153. The number of carbonyl (C=O) groups is 2. The highest BCUT2D eigenvalue weighted by Crippen LogP contribution is 2.53. The normalized spacial score (nSPS) is 18.5. The fraction of sp³-hybridized carbons (Fsp3) is 0.438. The van der Waals surface area contributed by atoms with Crippen molar-refractivity contribution in [1.29, 1.82) is 0 Å². The number of nitrogens with one attached hydrogen (secondary N) is 2. The molecule has 0 saturated heterocycles. The lowest BCUT2D eigenvalue weighted by atomic mass is 9.99. The first-order chi connectivity index (χ1) is 24.8. The quantitative estimate of drug-likeness (QED) is 0.157. The minimum atomic E-state index is -4.54. The third-order valence-corrected chi connectivity index (χ3v) is 10.3. The van der Waals surface area contributed by atoms with E-state index in [1.54, 1.807) is 58.0 Å². The maximum atomic E-state index is 12.6. The van der Waals surface area contributed by atoms with Gasteiger partial charge >= 0.3 is 12.4 Å². The zero-order valence-corrected chi connectivity index (χ0v) is 36.0. The fourth-order valence-electron chi connectivity index (χ4n) is 4.61. The topological polar surface area (TPSA) is 125 Å². The van der Waals surface area contributed by atoms with Gasteiger partial charge in [0.05, 0.1) is 36.4 Å². The molecule has 2 atom stereocenters. The second-order valence-electron chi connectivity index (χ2n) is 12.7. The van der Waals surface area contributed by atoms with Gasteiger partial charge < -0.3 is 38.8 Å². The third-order valence-electron chi connectivity index (χ3n) is 6.97. The Kier molecular flexibility index (Phi) is 16.5. The van der Waals surface area contributed by atoms with Gasteiger partial charge in [-0.3, -0.25) is 9.59 Å². The van der Waals surface area contributed by atoms with Crippen LogP contribution in [-0.4, -0.2) is 81.1 Å². The highest BCUT2D eigenvalue weighted by atomic mass is 35.7. The van der Waals surface area contributed by atoms with Crippen LogP contribution in [0.3, 0.4) is 0 Å². The van der Waals surface area contributed by atoms with Gasteiger partial charge in [-0.2, -0.15) is 26.3 Å². The van der Waals surface area contributed by atoms with Crippen LogP contribution in [0.5, 0.6) is 11.5 Å². The summed E-state index contributed by atoms with van der Waals surface area (Å²) in [6.07, 6.45) is -8.88. The zero-order chi connectivity index (χ0) is 42.5. The van der Waals surface area contributed by atoms with E-state index in [0.717, 1.165) is 0 Å². The molecule has 2 aromatic rings. The predicted octanol–water partition coefficient (Wildman–Crippen LogP) is 9.77. The summed E-state index contributed by atoms with van der Waals surface area (Å²) in [5.74, 6) is 0.0813. The van der Waals surface area contributed by atoms with Crippen LogP contribution < -0.4 is 20.1 Å². The SMILES string of the molecule is COc1cc(Cl)ccc1C1=C(O)C(C)(C)NC1=O.COc1cc(Cl)ccc1C1=C(OP(C)(=S)OCC(F)(F)F)C(C)(C)NC1=O.CP(=S)(Cl)OCC(F)(F)F. The van der Waals surface area contributed by atoms with E-state index in [9.17, 15) is 41.0 Å². The van der Waals surface area contributed by atoms with Crippen LogP contribution in [0.1, 0.15) is 38.8 Å². The van der Waals surface area contributed by atoms with Gasteiger partial charge in [0.15, 0.2) is 6.61 Å². The van der Waals surface area contributed by atoms with E-state index >= 15 is 0 Å². The molecule has 308 valence electrons. The number of amides is 2. The number of aliphatic hydroxyl groups is 1. The molecule has 2 aromatic carbocycles. The summed E-state index contributed by atoms with van der Waals surface area (Å²) in [5.41, 5.74) is -3.19. The standard InChI is InChI=1S/C16H18ClF3NO4PS.C13H14ClNO3.C3H5ClF3OPS/c1-15(2)13(25-26(4,27)24-8-16(18,19)20)12(14(22)21-15)10-6-5-9(17)7-11(10)23-3;1-13(2)11(16)10(12(17)15-13)8-5-4-7(14)6-9(8)18-3;1-9(4,10)8-2-3(5,6)7/h5-7H,8H2,1-4H3,(H,21,22);4-6,16H,1-3H3,(H,15,17);2H2,1H3. The molecule has 55 heavy (non-hydrogen) atoms. The molecule has 0 saturated carbocycles. The summed E-state index contributed by atoms with van der Waals surface area (Å²) in [5, 5.41) is 16.5. The van der Waals surface area contributed by atoms with Crippen LogP contribution in [0.4, 0.5) is 26.3 Å². The molecule has 2 aliphatic heterocycles. The van der Waals surface area contributed by atoms with Gasteiger partial charge in [0.25, 0.3) is 11.8 Å². The van der Waals surface area contributed by atoms with Crippen LogP contribution in [0, 0.1) is 0 Å². The first-order valence-electron chi connectivity index (χ1n) is 15.3. The van der Waals surface area contributed by atoms with Crippen LogP contribution in [0.25, 0.3) is 11.1 Å². The molecule has 23 heteroatoms. The molecule has 0 spiro atoms. The molecule has 0 bridgehead atoms. The zero-order valence-electron chi connectivity index (χ0n) is 30.3. The van der Waals surface area contributed by atoms with Gasteiger partial charge in [0.2, 0.25) is 6.49 Å². The van der Waals surface area contributed by atoms with Crippen molar-refractivity contribution in [2.24, 2.45) is 0 Å². The van der Waals surface area contributed by atoms with Crippen LogP contribution in [0.15, 0.2) is 47.9 Å². The molecule has 10 nitrogen and oxygen atoms in total. The number of benzene rings is 2. The lowest BCUT2D eigenvalue weighted by Gasteiger charge is -2.28. The molecule has 3 N–H and O–H groups in total. The summed E-state index contributed by atoms with van der Waals surface area (Å²) in [6.45, 7) is 3.08. The maximum Gasteiger partial charge on any atom is 0.412 e. The molecule has 2 aliphatic rings. The molecule has 0 aromatic heterocycles. The van der Waals surface area contributed by atoms with Crippen molar-refractivity contribution in [3.05, 3.63) is 69.1 Å². The number of hydrogen-bond acceptors (Lipinski definition) is 10. The number of aliphatic hydroxyl groups excluding tert-OH is 1. The minimum absolute atomic E-state index is 0.00752. The second-order valence-corrected chi connectivity index (χ2v) is 23.9. The van der Waals surface area contributed by atoms with E-state index in [1.807, 2.05) is 0 Å². The average molecular weight is 924 g/mol. The van der Waals surface area contributed by atoms with Gasteiger partial charge in [-0.05, 0) is 75.9 Å². The molecule has 4 rings (SSSR count). The smallest absolute Gasteiger partial charge is 0.412 e. The highest BCUT2D eigenvalue weighted by Gasteiger charge is 2.44. The Hall–Kier alpha value is -2.27. The van der Waals surface area contributed by atoms with E-state index < -0.39 is 54.7 Å². The van der Waals surface area contributed by atoms with Crippen LogP contribution >= 0.6 is 46.6 Å². The molecule has 2 amide bonds. The van der Waals surface area contributed by atoms with Crippen molar-refractivity contribution in [2.75, 3.05) is 40.8 Å². The van der Waals surface area contributed by atoms with E-state index in [0.29, 0.717) is 32.7 Å². The average Bonchev–Trinajstić information content (AvgIpc) is 3.37.